The van der Waals surface area contributed by atoms with Crippen molar-refractivity contribution in [3.63, 3.8) is 0 Å². The first-order valence-corrected chi connectivity index (χ1v) is 5.80. The van der Waals surface area contributed by atoms with Gasteiger partial charge in [0.25, 0.3) is 0 Å². The molecule has 1 aliphatic rings. The Hall–Kier alpha value is -0.320. The smallest absolute Gasteiger partial charge is 0.250 e. The summed E-state index contributed by atoms with van der Waals surface area (Å²) in [6.07, 6.45) is 1.91. The number of rotatable bonds is 5. The number of halogens is 1. The topological polar surface area (TPSA) is 50.4 Å². The minimum Gasteiger partial charge on any atom is -0.366 e. The van der Waals surface area contributed by atoms with Gasteiger partial charge in [0.05, 0.1) is 6.61 Å². The molecule has 1 aliphatic heterocycles. The molecule has 0 aromatic carbocycles. The summed E-state index contributed by atoms with van der Waals surface area (Å²) >= 11 is 0. The van der Waals surface area contributed by atoms with Crippen molar-refractivity contribution in [3.05, 3.63) is 0 Å². The largest absolute Gasteiger partial charge is 0.366 e. The Morgan fingerprint density at radius 3 is 2.88 bits per heavy atom. The first-order valence-electron chi connectivity index (χ1n) is 5.80. The van der Waals surface area contributed by atoms with E-state index in [4.69, 9.17) is 4.74 Å². The lowest BCUT2D eigenvalue weighted by Crippen LogP contribution is -2.48. The molecule has 0 aliphatic carbocycles. The monoisotopic (exact) mass is 250 g/mol. The van der Waals surface area contributed by atoms with Crippen LogP contribution < -0.4 is 10.6 Å². The Kier molecular flexibility index (Phi) is 8.61. The summed E-state index contributed by atoms with van der Waals surface area (Å²) < 4.78 is 5.34. The van der Waals surface area contributed by atoms with Gasteiger partial charge in [0.2, 0.25) is 5.91 Å². The van der Waals surface area contributed by atoms with Crippen molar-refractivity contribution in [2.24, 2.45) is 5.92 Å². The second-order valence-electron chi connectivity index (χ2n) is 4.39. The molecule has 5 heteroatoms. The highest BCUT2D eigenvalue weighted by Crippen LogP contribution is 2.02. The molecule has 0 spiro atoms. The Morgan fingerprint density at radius 2 is 2.31 bits per heavy atom. The van der Waals surface area contributed by atoms with Gasteiger partial charge in [0, 0.05) is 19.6 Å². The highest BCUT2D eigenvalue weighted by molar-refractivity contribution is 5.85. The third-order valence-electron chi connectivity index (χ3n) is 2.48. The van der Waals surface area contributed by atoms with Gasteiger partial charge < -0.3 is 15.4 Å². The molecule has 1 rings (SSSR count). The van der Waals surface area contributed by atoms with Gasteiger partial charge in [0.15, 0.2) is 0 Å². The van der Waals surface area contributed by atoms with Crippen LogP contribution in [0, 0.1) is 5.92 Å². The van der Waals surface area contributed by atoms with E-state index in [1.165, 1.54) is 0 Å². The first-order chi connectivity index (χ1) is 7.20. The average molecular weight is 251 g/mol. The predicted molar refractivity (Wildman–Crippen MR) is 66.9 cm³/mol. The third kappa shape index (κ3) is 6.30. The van der Waals surface area contributed by atoms with Crippen molar-refractivity contribution in [1.29, 1.82) is 0 Å². The zero-order valence-corrected chi connectivity index (χ0v) is 10.9. The molecular formula is C11H23ClN2O2. The van der Waals surface area contributed by atoms with Crippen molar-refractivity contribution in [3.8, 4) is 0 Å². The number of hydrogen-bond acceptors (Lipinski definition) is 3. The van der Waals surface area contributed by atoms with Gasteiger partial charge >= 0.3 is 0 Å². The summed E-state index contributed by atoms with van der Waals surface area (Å²) in [5.74, 6) is 0.723. The molecule has 0 saturated carbocycles. The summed E-state index contributed by atoms with van der Waals surface area (Å²) in [5.41, 5.74) is 0. The van der Waals surface area contributed by atoms with Crippen molar-refractivity contribution in [2.45, 2.75) is 32.8 Å². The average Bonchev–Trinajstić information content (AvgIpc) is 2.25. The number of morpholine rings is 1. The van der Waals surface area contributed by atoms with Gasteiger partial charge in [-0.25, -0.2) is 0 Å². The fourth-order valence-electron chi connectivity index (χ4n) is 1.57. The third-order valence-corrected chi connectivity index (χ3v) is 2.48. The number of hydrogen-bond donors (Lipinski definition) is 2. The van der Waals surface area contributed by atoms with Crippen LogP contribution in [0.4, 0.5) is 0 Å². The summed E-state index contributed by atoms with van der Waals surface area (Å²) in [7, 11) is 0. The van der Waals surface area contributed by atoms with Crippen LogP contribution in [-0.2, 0) is 9.53 Å². The number of amides is 1. The fraction of sp³-hybridized carbons (Fsp3) is 0.909. The van der Waals surface area contributed by atoms with Crippen LogP contribution in [0.2, 0.25) is 0 Å². The lowest BCUT2D eigenvalue weighted by molar-refractivity contribution is -0.134. The normalized spacial score (nSPS) is 20.3. The molecule has 4 nitrogen and oxygen atoms in total. The van der Waals surface area contributed by atoms with Crippen LogP contribution in [0.5, 0.6) is 0 Å². The van der Waals surface area contributed by atoms with E-state index >= 15 is 0 Å². The van der Waals surface area contributed by atoms with E-state index in [1.54, 1.807) is 0 Å². The minimum atomic E-state index is -0.294. The molecule has 0 aromatic rings. The molecular weight excluding hydrogens is 228 g/mol. The van der Waals surface area contributed by atoms with E-state index in [-0.39, 0.29) is 24.4 Å². The maximum absolute atomic E-state index is 11.6. The van der Waals surface area contributed by atoms with Crippen molar-refractivity contribution in [2.75, 3.05) is 26.2 Å². The van der Waals surface area contributed by atoms with Gasteiger partial charge in [-0.3, -0.25) is 4.79 Å². The maximum atomic E-state index is 11.6. The molecule has 1 heterocycles. The van der Waals surface area contributed by atoms with Crippen molar-refractivity contribution in [1.82, 2.24) is 10.6 Å². The predicted octanol–water partition coefficient (Wildman–Crippen LogP) is 0.949. The van der Waals surface area contributed by atoms with Gasteiger partial charge in [-0.05, 0) is 18.8 Å². The maximum Gasteiger partial charge on any atom is 0.250 e. The zero-order valence-electron chi connectivity index (χ0n) is 10.1. The van der Waals surface area contributed by atoms with Crippen molar-refractivity contribution >= 4 is 18.3 Å². The fourth-order valence-corrected chi connectivity index (χ4v) is 1.57. The van der Waals surface area contributed by atoms with Gasteiger partial charge in [0.1, 0.15) is 6.10 Å². The second-order valence-corrected chi connectivity index (χ2v) is 4.39. The Morgan fingerprint density at radius 1 is 1.56 bits per heavy atom. The van der Waals surface area contributed by atoms with Crippen LogP contribution in [0.25, 0.3) is 0 Å². The Labute approximate surface area is 104 Å². The summed E-state index contributed by atoms with van der Waals surface area (Å²) in [6.45, 7) is 7.25. The quantitative estimate of drug-likeness (QED) is 0.715. The SMILES string of the molecule is CC(C)CCCNC(=O)C1CNCCO1.Cl. The summed E-state index contributed by atoms with van der Waals surface area (Å²) in [4.78, 5) is 11.6. The molecule has 1 saturated heterocycles. The van der Waals surface area contributed by atoms with Gasteiger partial charge in [-0.2, -0.15) is 0 Å². The molecule has 1 atom stereocenters. The molecule has 1 unspecified atom stereocenters. The first kappa shape index (κ1) is 15.7. The van der Waals surface area contributed by atoms with Gasteiger partial charge in [-0.15, -0.1) is 12.4 Å². The Balaban J connectivity index is 0.00000225. The Bertz CT molecular complexity index is 194. The molecule has 2 N–H and O–H groups in total. The van der Waals surface area contributed by atoms with Crippen LogP contribution in [0.1, 0.15) is 26.7 Å². The standard InChI is InChI=1S/C11H22N2O2.ClH/c1-9(2)4-3-5-13-11(14)10-8-12-6-7-15-10;/h9-10,12H,3-8H2,1-2H3,(H,13,14);1H. The van der Waals surface area contributed by atoms with Crippen LogP contribution in [0.15, 0.2) is 0 Å². The number of nitrogens with one attached hydrogen (secondary N) is 2. The number of carbonyl (C=O) groups excluding carboxylic acids is 1. The zero-order chi connectivity index (χ0) is 11.1. The summed E-state index contributed by atoms with van der Waals surface area (Å²) in [5, 5.41) is 6.04. The lowest BCUT2D eigenvalue weighted by Gasteiger charge is -2.22. The van der Waals surface area contributed by atoms with Crippen LogP contribution in [-0.4, -0.2) is 38.3 Å². The molecule has 0 aromatic heterocycles. The van der Waals surface area contributed by atoms with E-state index in [1.807, 2.05) is 0 Å². The van der Waals surface area contributed by atoms with Crippen LogP contribution in [0.3, 0.4) is 0 Å². The van der Waals surface area contributed by atoms with E-state index < -0.39 is 0 Å². The van der Waals surface area contributed by atoms with E-state index in [0.717, 1.165) is 25.9 Å². The second kappa shape index (κ2) is 8.79. The number of ether oxygens (including phenoxy) is 1. The minimum absolute atomic E-state index is 0. The van der Waals surface area contributed by atoms with Crippen molar-refractivity contribution < 1.29 is 9.53 Å². The number of carbonyl (C=O) groups is 1. The van der Waals surface area contributed by atoms with Crippen LogP contribution >= 0.6 is 12.4 Å². The molecule has 1 fully saturated rings. The molecule has 96 valence electrons. The van der Waals surface area contributed by atoms with E-state index in [0.29, 0.717) is 19.1 Å². The lowest BCUT2D eigenvalue weighted by atomic mass is 10.1. The molecule has 16 heavy (non-hydrogen) atoms. The molecule has 1 amide bonds. The molecule has 0 radical (unpaired) electrons. The molecule has 0 bridgehead atoms. The van der Waals surface area contributed by atoms with Gasteiger partial charge in [-0.1, -0.05) is 13.8 Å². The highest BCUT2D eigenvalue weighted by atomic mass is 35.5. The highest BCUT2D eigenvalue weighted by Gasteiger charge is 2.20. The van der Waals surface area contributed by atoms with E-state index in [9.17, 15) is 4.79 Å². The van der Waals surface area contributed by atoms with E-state index in [2.05, 4.69) is 24.5 Å². The summed E-state index contributed by atoms with van der Waals surface area (Å²) in [6, 6.07) is 0.